The monoisotopic (exact) mass is 418 g/mol. The predicted molar refractivity (Wildman–Crippen MR) is 126 cm³/mol. The Kier molecular flexibility index (Phi) is 8.24. The van der Waals surface area contributed by atoms with Gasteiger partial charge in [0.05, 0.1) is 12.7 Å². The van der Waals surface area contributed by atoms with Crippen molar-refractivity contribution < 1.29 is 15.3 Å². The second kappa shape index (κ2) is 11.3. The molecule has 0 aliphatic carbocycles. The molecule has 0 radical (unpaired) electrons. The minimum atomic E-state index is -0.541. The van der Waals surface area contributed by atoms with E-state index in [4.69, 9.17) is 0 Å². The predicted octanol–water partition coefficient (Wildman–Crippen LogP) is 3.88. The van der Waals surface area contributed by atoms with Gasteiger partial charge in [0.2, 0.25) is 0 Å². The maximum atomic E-state index is 10.2. The summed E-state index contributed by atoms with van der Waals surface area (Å²) in [6, 6.07) is 23.0. The third-order valence-corrected chi connectivity index (χ3v) is 5.22. The molecule has 5 nitrogen and oxygen atoms in total. The van der Waals surface area contributed by atoms with Gasteiger partial charge in [0.1, 0.15) is 5.75 Å². The van der Waals surface area contributed by atoms with Crippen LogP contribution in [0.4, 0.5) is 5.69 Å². The molecule has 3 aromatic rings. The first kappa shape index (κ1) is 22.6. The van der Waals surface area contributed by atoms with Crippen LogP contribution in [-0.4, -0.2) is 35.0 Å². The Bertz CT molecular complexity index is 972. The molecule has 5 N–H and O–H groups in total. The van der Waals surface area contributed by atoms with Gasteiger partial charge in [-0.1, -0.05) is 55.1 Å². The van der Waals surface area contributed by atoms with Crippen molar-refractivity contribution in [2.24, 2.45) is 0 Å². The maximum Gasteiger partial charge on any atom is 0.121 e. The number of phenols is 1. The van der Waals surface area contributed by atoms with Gasteiger partial charge in [-0.15, -0.1) is 0 Å². The van der Waals surface area contributed by atoms with Crippen LogP contribution >= 0.6 is 0 Å². The standard InChI is InChI=1S/C26H30N2O3/c1-19(22-9-12-25(30)23(15-22)18-29)16-27-14-13-20-7-10-24(11-8-20)28-17-26(31)21-5-3-2-4-6-21/h2-12,15,26-31H,1,13-14,16-18H2/t26-/m1/s1. The average molecular weight is 419 g/mol. The molecule has 3 aromatic carbocycles. The van der Waals surface area contributed by atoms with E-state index in [1.54, 1.807) is 18.2 Å². The molecular formula is C26H30N2O3. The molecule has 5 heteroatoms. The van der Waals surface area contributed by atoms with Crippen molar-refractivity contribution in [3.05, 3.63) is 102 Å². The topological polar surface area (TPSA) is 84.8 Å². The highest BCUT2D eigenvalue weighted by Crippen LogP contribution is 2.22. The lowest BCUT2D eigenvalue weighted by Gasteiger charge is -2.13. The normalized spacial score (nSPS) is 11.8. The highest BCUT2D eigenvalue weighted by Gasteiger charge is 2.07. The van der Waals surface area contributed by atoms with Crippen molar-refractivity contribution in [2.45, 2.75) is 19.1 Å². The summed E-state index contributed by atoms with van der Waals surface area (Å²) in [6.45, 7) is 5.79. The number of anilines is 1. The SMILES string of the molecule is C=C(CNCCc1ccc(NC[C@@H](O)c2ccccc2)cc1)c1ccc(O)c(CO)c1. The third kappa shape index (κ3) is 6.69. The van der Waals surface area contributed by atoms with Crippen LogP contribution < -0.4 is 10.6 Å². The molecule has 0 fully saturated rings. The third-order valence-electron chi connectivity index (χ3n) is 5.22. The molecule has 0 unspecified atom stereocenters. The molecule has 3 rings (SSSR count). The van der Waals surface area contributed by atoms with E-state index in [-0.39, 0.29) is 12.4 Å². The van der Waals surface area contributed by atoms with Gasteiger partial charge < -0.3 is 26.0 Å². The van der Waals surface area contributed by atoms with Crippen LogP contribution in [0, 0.1) is 0 Å². The Balaban J connectivity index is 1.40. The van der Waals surface area contributed by atoms with Crippen molar-refractivity contribution in [3.63, 3.8) is 0 Å². The van der Waals surface area contributed by atoms with Crippen molar-refractivity contribution in [1.29, 1.82) is 0 Å². The van der Waals surface area contributed by atoms with Gasteiger partial charge in [-0.2, -0.15) is 0 Å². The number of aromatic hydroxyl groups is 1. The summed E-state index contributed by atoms with van der Waals surface area (Å²) in [5.74, 6) is 0.0968. The van der Waals surface area contributed by atoms with E-state index < -0.39 is 6.10 Å². The van der Waals surface area contributed by atoms with E-state index in [0.717, 1.165) is 35.4 Å². The smallest absolute Gasteiger partial charge is 0.121 e. The minimum Gasteiger partial charge on any atom is -0.508 e. The quantitative estimate of drug-likeness (QED) is 0.305. The van der Waals surface area contributed by atoms with E-state index >= 15 is 0 Å². The van der Waals surface area contributed by atoms with Crippen LogP contribution in [0.3, 0.4) is 0 Å². The Labute approximate surface area is 183 Å². The molecule has 0 aliphatic rings. The van der Waals surface area contributed by atoms with Gasteiger partial charge in [0, 0.05) is 24.3 Å². The Morgan fingerprint density at radius 2 is 1.71 bits per heavy atom. The zero-order chi connectivity index (χ0) is 22.1. The molecule has 0 aromatic heterocycles. The Hall–Kier alpha value is -3.12. The van der Waals surface area contributed by atoms with Crippen LogP contribution in [0.15, 0.2) is 79.4 Å². The number of benzene rings is 3. The number of rotatable bonds is 11. The summed E-state index contributed by atoms with van der Waals surface area (Å²) in [7, 11) is 0. The number of nitrogens with one attached hydrogen (secondary N) is 2. The van der Waals surface area contributed by atoms with Crippen LogP contribution in [0.2, 0.25) is 0 Å². The highest BCUT2D eigenvalue weighted by molar-refractivity contribution is 5.66. The lowest BCUT2D eigenvalue weighted by atomic mass is 10.0. The Morgan fingerprint density at radius 1 is 0.968 bits per heavy atom. The van der Waals surface area contributed by atoms with Gasteiger partial charge in [-0.25, -0.2) is 0 Å². The number of hydrogen-bond donors (Lipinski definition) is 5. The molecule has 1 atom stereocenters. The zero-order valence-electron chi connectivity index (χ0n) is 17.6. The van der Waals surface area contributed by atoms with Crippen molar-refractivity contribution in [1.82, 2.24) is 5.32 Å². The second-order valence-electron chi connectivity index (χ2n) is 7.54. The Morgan fingerprint density at radius 3 is 2.42 bits per heavy atom. The number of hydrogen-bond acceptors (Lipinski definition) is 5. The highest BCUT2D eigenvalue weighted by atomic mass is 16.3. The number of aliphatic hydroxyl groups excluding tert-OH is 2. The maximum absolute atomic E-state index is 10.2. The molecule has 0 heterocycles. The fraction of sp³-hybridized carbons (Fsp3) is 0.231. The van der Waals surface area contributed by atoms with Crippen LogP contribution in [0.5, 0.6) is 5.75 Å². The summed E-state index contributed by atoms with van der Waals surface area (Å²) in [5.41, 5.74) is 5.42. The molecular weight excluding hydrogens is 388 g/mol. The first-order valence-electron chi connectivity index (χ1n) is 10.4. The van der Waals surface area contributed by atoms with E-state index in [1.807, 2.05) is 42.5 Å². The van der Waals surface area contributed by atoms with Crippen molar-refractivity contribution in [2.75, 3.05) is 25.0 Å². The van der Waals surface area contributed by atoms with Crippen LogP contribution in [0.25, 0.3) is 5.57 Å². The van der Waals surface area contributed by atoms with E-state index in [9.17, 15) is 15.3 Å². The van der Waals surface area contributed by atoms with Gasteiger partial charge >= 0.3 is 0 Å². The largest absolute Gasteiger partial charge is 0.508 e. The molecule has 162 valence electrons. The summed E-state index contributed by atoms with van der Waals surface area (Å²) >= 11 is 0. The van der Waals surface area contributed by atoms with E-state index in [2.05, 4.69) is 29.3 Å². The first-order valence-corrected chi connectivity index (χ1v) is 10.4. The van der Waals surface area contributed by atoms with E-state index in [0.29, 0.717) is 18.7 Å². The summed E-state index contributed by atoms with van der Waals surface area (Å²) in [5, 5.41) is 35.8. The van der Waals surface area contributed by atoms with Gasteiger partial charge in [0.25, 0.3) is 0 Å². The van der Waals surface area contributed by atoms with Gasteiger partial charge in [-0.3, -0.25) is 0 Å². The lowest BCUT2D eigenvalue weighted by Crippen LogP contribution is -2.19. The molecule has 0 spiro atoms. The van der Waals surface area contributed by atoms with Crippen LogP contribution in [0.1, 0.15) is 28.4 Å². The summed E-state index contributed by atoms with van der Waals surface area (Å²) in [6.07, 6.45) is 0.345. The summed E-state index contributed by atoms with van der Waals surface area (Å²) < 4.78 is 0. The zero-order valence-corrected chi connectivity index (χ0v) is 17.6. The molecule has 0 saturated carbocycles. The van der Waals surface area contributed by atoms with Crippen LogP contribution in [-0.2, 0) is 13.0 Å². The van der Waals surface area contributed by atoms with Crippen molar-refractivity contribution >= 4 is 11.3 Å². The fourth-order valence-corrected chi connectivity index (χ4v) is 3.30. The van der Waals surface area contributed by atoms with E-state index in [1.165, 1.54) is 5.56 Å². The molecule has 0 amide bonds. The van der Waals surface area contributed by atoms with Crippen molar-refractivity contribution in [3.8, 4) is 5.75 Å². The second-order valence-corrected chi connectivity index (χ2v) is 7.54. The molecule has 0 saturated heterocycles. The fourth-order valence-electron chi connectivity index (χ4n) is 3.30. The first-order chi connectivity index (χ1) is 15.1. The molecule has 0 aliphatic heterocycles. The number of aliphatic hydroxyl groups is 2. The van der Waals surface area contributed by atoms with Gasteiger partial charge in [0.15, 0.2) is 0 Å². The minimum absolute atomic E-state index is 0.0968. The average Bonchev–Trinajstić information content (AvgIpc) is 2.81. The van der Waals surface area contributed by atoms with Gasteiger partial charge in [-0.05, 0) is 59.5 Å². The lowest BCUT2D eigenvalue weighted by molar-refractivity contribution is 0.191. The molecule has 0 bridgehead atoms. The molecule has 31 heavy (non-hydrogen) atoms. The summed E-state index contributed by atoms with van der Waals surface area (Å²) in [4.78, 5) is 0.